The summed E-state index contributed by atoms with van der Waals surface area (Å²) in [6.45, 7) is 2.56. The number of halogens is 1. The molecule has 1 fully saturated rings. The van der Waals surface area contributed by atoms with E-state index in [1.807, 2.05) is 6.20 Å². The fraction of sp³-hybridized carbons (Fsp3) is 0.370. The van der Waals surface area contributed by atoms with E-state index in [1.54, 1.807) is 24.8 Å². The van der Waals surface area contributed by atoms with E-state index in [-0.39, 0.29) is 17.4 Å². The van der Waals surface area contributed by atoms with Gasteiger partial charge in [-0.25, -0.2) is 0 Å². The monoisotopic (exact) mass is 450 g/mol. The maximum atomic E-state index is 12.2. The fourth-order valence-electron chi connectivity index (χ4n) is 4.80. The van der Waals surface area contributed by atoms with Crippen molar-refractivity contribution in [3.05, 3.63) is 92.9 Å². The third-order valence-electron chi connectivity index (χ3n) is 6.56. The van der Waals surface area contributed by atoms with Crippen LogP contribution in [0.5, 0.6) is 0 Å². The first-order chi connectivity index (χ1) is 15.6. The second-order valence-electron chi connectivity index (χ2n) is 8.60. The smallest absolute Gasteiger partial charge is 0.250 e. The Hall–Kier alpha value is -2.40. The molecule has 3 aromatic rings. The Labute approximate surface area is 195 Å². The van der Waals surface area contributed by atoms with Crippen molar-refractivity contribution < 1.29 is 4.74 Å². The van der Waals surface area contributed by atoms with Crippen LogP contribution < -0.4 is 10.9 Å². The average Bonchev–Trinajstić information content (AvgIpc) is 2.81. The Kier molecular flexibility index (Phi) is 7.46. The molecule has 0 bridgehead atoms. The van der Waals surface area contributed by atoms with Crippen molar-refractivity contribution in [3.8, 4) is 11.1 Å². The molecule has 1 aliphatic rings. The molecule has 32 heavy (non-hydrogen) atoms. The summed E-state index contributed by atoms with van der Waals surface area (Å²) < 4.78 is 6.84. The minimum atomic E-state index is 0.0336. The number of piperidine rings is 1. The predicted molar refractivity (Wildman–Crippen MR) is 132 cm³/mol. The number of benzene rings is 2. The van der Waals surface area contributed by atoms with Gasteiger partial charge in [0.25, 0.3) is 5.56 Å². The van der Waals surface area contributed by atoms with E-state index in [2.05, 4.69) is 53.8 Å². The van der Waals surface area contributed by atoms with Gasteiger partial charge in [-0.1, -0.05) is 48.0 Å². The number of hydrogen-bond donors (Lipinski definition) is 1. The SMILES string of the molecule is COCCCc1ccccc1-c1ccc(C2CNCCC2c2ccn(C)c(=O)c2)c(Cl)c1. The molecule has 0 spiro atoms. The Balaban J connectivity index is 1.64. The molecular formula is C27H31ClN2O2. The van der Waals surface area contributed by atoms with Crippen LogP contribution in [0.4, 0.5) is 0 Å². The summed E-state index contributed by atoms with van der Waals surface area (Å²) >= 11 is 6.89. The molecular weight excluding hydrogens is 420 g/mol. The summed E-state index contributed by atoms with van der Waals surface area (Å²) in [5.74, 6) is 0.504. The lowest BCUT2D eigenvalue weighted by molar-refractivity contribution is 0.195. The zero-order valence-corrected chi connectivity index (χ0v) is 19.6. The highest BCUT2D eigenvalue weighted by Crippen LogP contribution is 2.41. The molecule has 168 valence electrons. The Morgan fingerprint density at radius 1 is 1.12 bits per heavy atom. The molecule has 2 heterocycles. The van der Waals surface area contributed by atoms with Gasteiger partial charge in [-0.05, 0) is 71.7 Å². The lowest BCUT2D eigenvalue weighted by atomic mass is 9.77. The quantitative estimate of drug-likeness (QED) is 0.506. The maximum absolute atomic E-state index is 12.2. The van der Waals surface area contributed by atoms with E-state index in [9.17, 15) is 4.79 Å². The average molecular weight is 451 g/mol. The number of hydrogen-bond acceptors (Lipinski definition) is 3. The summed E-state index contributed by atoms with van der Waals surface area (Å²) in [6.07, 6.45) is 4.81. The molecule has 0 amide bonds. The van der Waals surface area contributed by atoms with Crippen LogP contribution in [0, 0.1) is 0 Å². The highest BCUT2D eigenvalue weighted by molar-refractivity contribution is 6.31. The van der Waals surface area contributed by atoms with Crippen molar-refractivity contribution in [2.75, 3.05) is 26.8 Å². The van der Waals surface area contributed by atoms with Gasteiger partial charge in [0, 0.05) is 50.5 Å². The standard InChI is InChI=1S/C27H31ClN2O2/c1-30-14-12-21(17-27(30)31)23-11-13-29-18-25(23)24-10-9-20(16-26(24)28)22-8-4-3-6-19(22)7-5-15-32-2/h3-4,6,8-10,12,14,16-17,23,25,29H,5,7,11,13,15,18H2,1-2H3. The highest BCUT2D eigenvalue weighted by Gasteiger charge is 2.29. The van der Waals surface area contributed by atoms with Gasteiger partial charge < -0.3 is 14.6 Å². The minimum Gasteiger partial charge on any atom is -0.385 e. The van der Waals surface area contributed by atoms with Gasteiger partial charge in [0.05, 0.1) is 0 Å². The van der Waals surface area contributed by atoms with Crippen LogP contribution in [0.2, 0.25) is 5.02 Å². The summed E-state index contributed by atoms with van der Waals surface area (Å²) in [6, 6.07) is 18.8. The Morgan fingerprint density at radius 3 is 2.75 bits per heavy atom. The van der Waals surface area contributed by atoms with Gasteiger partial charge in [0.15, 0.2) is 0 Å². The number of pyridine rings is 1. The number of aromatic nitrogens is 1. The minimum absolute atomic E-state index is 0.0336. The van der Waals surface area contributed by atoms with Crippen LogP contribution in [0.3, 0.4) is 0 Å². The third-order valence-corrected chi connectivity index (χ3v) is 6.89. The van der Waals surface area contributed by atoms with E-state index in [0.29, 0.717) is 0 Å². The van der Waals surface area contributed by atoms with Gasteiger partial charge in [-0.15, -0.1) is 0 Å². The molecule has 1 saturated heterocycles. The molecule has 1 N–H and O–H groups in total. The molecule has 2 unspecified atom stereocenters. The van der Waals surface area contributed by atoms with Crippen LogP contribution in [-0.2, 0) is 18.2 Å². The normalized spacial score (nSPS) is 18.6. The summed E-state index contributed by atoms with van der Waals surface area (Å²) in [5.41, 5.74) is 5.95. The Bertz CT molecular complexity index is 1120. The predicted octanol–water partition coefficient (Wildman–Crippen LogP) is 5.15. The number of rotatable bonds is 7. The zero-order chi connectivity index (χ0) is 22.5. The topological polar surface area (TPSA) is 43.3 Å². The lowest BCUT2D eigenvalue weighted by Gasteiger charge is -2.33. The van der Waals surface area contributed by atoms with Crippen molar-refractivity contribution in [2.45, 2.75) is 31.1 Å². The summed E-state index contributed by atoms with van der Waals surface area (Å²) in [5, 5.41) is 4.31. The van der Waals surface area contributed by atoms with Crippen LogP contribution in [-0.4, -0.2) is 31.4 Å². The van der Waals surface area contributed by atoms with Gasteiger partial charge in [0.2, 0.25) is 0 Å². The van der Waals surface area contributed by atoms with Crippen molar-refractivity contribution in [2.24, 2.45) is 7.05 Å². The van der Waals surface area contributed by atoms with E-state index in [1.165, 1.54) is 11.1 Å². The zero-order valence-electron chi connectivity index (χ0n) is 18.8. The first-order valence-corrected chi connectivity index (χ1v) is 11.7. The summed E-state index contributed by atoms with van der Waals surface area (Å²) in [7, 11) is 3.53. The molecule has 4 rings (SSSR count). The Morgan fingerprint density at radius 2 is 1.97 bits per heavy atom. The van der Waals surface area contributed by atoms with Gasteiger partial charge in [-0.2, -0.15) is 0 Å². The second kappa shape index (κ2) is 10.5. The van der Waals surface area contributed by atoms with Crippen molar-refractivity contribution in [1.82, 2.24) is 9.88 Å². The van der Waals surface area contributed by atoms with Crippen molar-refractivity contribution in [3.63, 3.8) is 0 Å². The molecule has 2 aromatic carbocycles. The molecule has 4 nitrogen and oxygen atoms in total. The highest BCUT2D eigenvalue weighted by atomic mass is 35.5. The molecule has 0 aliphatic carbocycles. The number of nitrogens with zero attached hydrogens (tertiary/aromatic N) is 1. The van der Waals surface area contributed by atoms with Crippen LogP contribution in [0.1, 0.15) is 41.4 Å². The first kappa shape index (κ1) is 22.8. The van der Waals surface area contributed by atoms with Gasteiger partial charge >= 0.3 is 0 Å². The molecule has 0 saturated carbocycles. The van der Waals surface area contributed by atoms with E-state index in [4.69, 9.17) is 16.3 Å². The van der Waals surface area contributed by atoms with Crippen LogP contribution in [0.25, 0.3) is 11.1 Å². The third kappa shape index (κ3) is 4.98. The van der Waals surface area contributed by atoms with Gasteiger partial charge in [-0.3, -0.25) is 4.79 Å². The summed E-state index contributed by atoms with van der Waals surface area (Å²) in [4.78, 5) is 12.2. The van der Waals surface area contributed by atoms with Crippen LogP contribution in [0.15, 0.2) is 65.6 Å². The lowest BCUT2D eigenvalue weighted by Crippen LogP contribution is -2.34. The van der Waals surface area contributed by atoms with Crippen molar-refractivity contribution in [1.29, 1.82) is 0 Å². The van der Waals surface area contributed by atoms with Crippen molar-refractivity contribution >= 4 is 11.6 Å². The molecule has 0 radical (unpaired) electrons. The number of ether oxygens (including phenoxy) is 1. The first-order valence-electron chi connectivity index (χ1n) is 11.3. The molecule has 1 aromatic heterocycles. The molecule has 5 heteroatoms. The maximum Gasteiger partial charge on any atom is 0.250 e. The fourth-order valence-corrected chi connectivity index (χ4v) is 5.12. The molecule has 2 atom stereocenters. The number of methoxy groups -OCH3 is 1. The van der Waals surface area contributed by atoms with E-state index < -0.39 is 0 Å². The van der Waals surface area contributed by atoms with Crippen LogP contribution >= 0.6 is 11.6 Å². The second-order valence-corrected chi connectivity index (χ2v) is 9.01. The van der Waals surface area contributed by atoms with E-state index >= 15 is 0 Å². The largest absolute Gasteiger partial charge is 0.385 e. The number of nitrogens with one attached hydrogen (secondary N) is 1. The van der Waals surface area contributed by atoms with Gasteiger partial charge in [0.1, 0.15) is 0 Å². The van der Waals surface area contributed by atoms with E-state index in [0.717, 1.165) is 60.7 Å². The molecule has 1 aliphatic heterocycles. The number of aryl methyl sites for hydroxylation is 2.